The maximum atomic E-state index is 11.7. The van der Waals surface area contributed by atoms with E-state index in [4.69, 9.17) is 30.5 Å². The lowest BCUT2D eigenvalue weighted by Crippen LogP contribution is -2.09. The molecule has 2 aromatic carbocycles. The number of rotatable bonds is 18. The molecule has 37 heavy (non-hydrogen) atoms. The van der Waals surface area contributed by atoms with E-state index >= 15 is 0 Å². The van der Waals surface area contributed by atoms with Crippen LogP contribution in [0, 0.1) is 0 Å². The van der Waals surface area contributed by atoms with Crippen molar-refractivity contribution in [2.24, 2.45) is 0 Å². The quantitative estimate of drug-likeness (QED) is 0.120. The Morgan fingerprint density at radius 3 is 2.27 bits per heavy atom. The molecule has 0 aliphatic carbocycles. The topological polar surface area (TPSA) is 74.2 Å². The molecule has 0 aliphatic rings. The lowest BCUT2D eigenvalue weighted by Gasteiger charge is -2.19. The summed E-state index contributed by atoms with van der Waals surface area (Å²) in [5.41, 5.74) is 2.62. The second-order valence-corrected chi connectivity index (χ2v) is 9.10. The maximum Gasteiger partial charge on any atom is 0.371 e. The number of halogens is 1. The predicted molar refractivity (Wildman–Crippen MR) is 149 cm³/mol. The van der Waals surface area contributed by atoms with Gasteiger partial charge in [-0.2, -0.15) is 0 Å². The van der Waals surface area contributed by atoms with Crippen molar-refractivity contribution in [3.05, 3.63) is 57.8 Å². The summed E-state index contributed by atoms with van der Waals surface area (Å²) in [7, 11) is 0. The normalized spacial score (nSPS) is 11.3. The molecular formula is C30H41ClO6. The van der Waals surface area contributed by atoms with Crippen LogP contribution in [0.15, 0.2) is 36.1 Å². The number of aliphatic carboxylic acids is 1. The molecule has 0 aromatic heterocycles. The first kappa shape index (κ1) is 30.4. The summed E-state index contributed by atoms with van der Waals surface area (Å²) in [6, 6.07) is 9.59. The van der Waals surface area contributed by atoms with E-state index in [1.807, 2.05) is 30.3 Å². The Bertz CT molecular complexity index is 1020. The molecule has 2 aromatic rings. The van der Waals surface area contributed by atoms with E-state index in [1.165, 1.54) is 6.08 Å². The number of hydrogen-bond donors (Lipinski definition) is 1. The highest BCUT2D eigenvalue weighted by molar-refractivity contribution is 6.32. The molecule has 0 unspecified atom stereocenters. The number of benzene rings is 2. The fourth-order valence-electron chi connectivity index (χ4n) is 3.72. The fraction of sp³-hybridized carbons (Fsp3) is 0.500. The first-order valence-corrected chi connectivity index (χ1v) is 13.7. The molecule has 2 rings (SSSR count). The molecule has 0 fully saturated rings. The zero-order valence-corrected chi connectivity index (χ0v) is 23.4. The Hall–Kier alpha value is -2.86. The molecule has 0 aliphatic heterocycles. The SMILES string of the molecule is CCCCCOc1ccc(CCOc2c(/C=C(\OCC)C(=O)O)ccc(CC)c2OCCCC)cc1Cl. The van der Waals surface area contributed by atoms with Crippen molar-refractivity contribution in [2.45, 2.75) is 72.6 Å². The zero-order valence-electron chi connectivity index (χ0n) is 22.6. The molecule has 7 heteroatoms. The molecule has 0 heterocycles. The van der Waals surface area contributed by atoms with Gasteiger partial charge in [0.05, 0.1) is 31.5 Å². The summed E-state index contributed by atoms with van der Waals surface area (Å²) in [6.07, 6.45) is 8.06. The van der Waals surface area contributed by atoms with Crippen LogP contribution in [0.1, 0.15) is 76.5 Å². The Kier molecular flexibility index (Phi) is 13.8. The van der Waals surface area contributed by atoms with Gasteiger partial charge in [-0.05, 0) is 55.5 Å². The van der Waals surface area contributed by atoms with E-state index in [-0.39, 0.29) is 12.4 Å². The third kappa shape index (κ3) is 9.84. The van der Waals surface area contributed by atoms with Gasteiger partial charge >= 0.3 is 5.97 Å². The van der Waals surface area contributed by atoms with Gasteiger partial charge in [0.1, 0.15) is 5.75 Å². The number of carboxylic acid groups (broad SMARTS) is 1. The van der Waals surface area contributed by atoms with Crippen molar-refractivity contribution in [3.8, 4) is 17.2 Å². The smallest absolute Gasteiger partial charge is 0.371 e. The van der Waals surface area contributed by atoms with Crippen LogP contribution in [0.2, 0.25) is 5.02 Å². The average molecular weight is 533 g/mol. The number of carbonyl (C=O) groups is 1. The summed E-state index contributed by atoms with van der Waals surface area (Å²) in [5.74, 6) is 0.592. The summed E-state index contributed by atoms with van der Waals surface area (Å²) in [6.45, 7) is 9.89. The van der Waals surface area contributed by atoms with Crippen LogP contribution >= 0.6 is 11.6 Å². The predicted octanol–water partition coefficient (Wildman–Crippen LogP) is 7.73. The minimum atomic E-state index is -1.13. The van der Waals surface area contributed by atoms with Gasteiger partial charge in [-0.25, -0.2) is 4.79 Å². The molecule has 0 spiro atoms. The molecule has 1 N–H and O–H groups in total. The molecule has 204 valence electrons. The van der Waals surface area contributed by atoms with E-state index in [0.717, 1.165) is 49.7 Å². The number of aryl methyl sites for hydroxylation is 1. The van der Waals surface area contributed by atoms with Gasteiger partial charge in [0.2, 0.25) is 5.76 Å². The Balaban J connectivity index is 2.26. The van der Waals surface area contributed by atoms with Gasteiger partial charge < -0.3 is 24.1 Å². The van der Waals surface area contributed by atoms with E-state index in [1.54, 1.807) is 6.92 Å². The minimum absolute atomic E-state index is 0.141. The van der Waals surface area contributed by atoms with Crippen molar-refractivity contribution in [2.75, 3.05) is 26.4 Å². The molecule has 0 saturated carbocycles. The second-order valence-electron chi connectivity index (χ2n) is 8.69. The van der Waals surface area contributed by atoms with E-state index in [9.17, 15) is 9.90 Å². The first-order chi connectivity index (χ1) is 17.9. The highest BCUT2D eigenvalue weighted by Crippen LogP contribution is 2.37. The van der Waals surface area contributed by atoms with Crippen LogP contribution < -0.4 is 14.2 Å². The molecular weight excluding hydrogens is 492 g/mol. The van der Waals surface area contributed by atoms with E-state index in [0.29, 0.717) is 54.1 Å². The molecule has 0 atom stereocenters. The molecule has 0 saturated heterocycles. The Morgan fingerprint density at radius 2 is 1.62 bits per heavy atom. The summed E-state index contributed by atoms with van der Waals surface area (Å²) < 4.78 is 23.6. The third-order valence-electron chi connectivity index (χ3n) is 5.79. The maximum absolute atomic E-state index is 11.7. The first-order valence-electron chi connectivity index (χ1n) is 13.3. The molecule has 0 radical (unpaired) electrons. The summed E-state index contributed by atoms with van der Waals surface area (Å²) >= 11 is 6.45. The third-order valence-corrected chi connectivity index (χ3v) is 6.08. The van der Waals surface area contributed by atoms with Crippen LogP contribution in [0.25, 0.3) is 6.08 Å². The van der Waals surface area contributed by atoms with Crippen molar-refractivity contribution >= 4 is 23.6 Å². The highest BCUT2D eigenvalue weighted by Gasteiger charge is 2.18. The van der Waals surface area contributed by atoms with Gasteiger partial charge in [-0.1, -0.05) is 69.8 Å². The molecule has 0 bridgehead atoms. The summed E-state index contributed by atoms with van der Waals surface area (Å²) in [4.78, 5) is 11.7. The fourth-order valence-corrected chi connectivity index (χ4v) is 3.98. The monoisotopic (exact) mass is 532 g/mol. The van der Waals surface area contributed by atoms with Gasteiger partial charge in [0, 0.05) is 12.0 Å². The standard InChI is InChI=1S/C30H41ClO6/c1-5-9-11-18-35-26-15-12-22(20-25(26)31)16-19-37-29-24(21-27(30(32)33)34-8-4)14-13-23(7-3)28(29)36-17-10-6-2/h12-15,20-21H,5-11,16-19H2,1-4H3,(H,32,33)/b27-21-. The number of hydrogen-bond acceptors (Lipinski definition) is 5. The highest BCUT2D eigenvalue weighted by atomic mass is 35.5. The second kappa shape index (κ2) is 16.8. The van der Waals surface area contributed by atoms with Gasteiger partial charge in [0.15, 0.2) is 11.5 Å². The van der Waals surface area contributed by atoms with Crippen molar-refractivity contribution in [3.63, 3.8) is 0 Å². The number of ether oxygens (including phenoxy) is 4. The average Bonchev–Trinajstić information content (AvgIpc) is 2.88. The van der Waals surface area contributed by atoms with E-state index < -0.39 is 5.97 Å². The molecule has 6 nitrogen and oxygen atoms in total. The zero-order chi connectivity index (χ0) is 27.0. The van der Waals surface area contributed by atoms with E-state index in [2.05, 4.69) is 20.8 Å². The van der Waals surface area contributed by atoms with Gasteiger partial charge in [-0.3, -0.25) is 0 Å². The lowest BCUT2D eigenvalue weighted by atomic mass is 10.1. The summed E-state index contributed by atoms with van der Waals surface area (Å²) in [5, 5.41) is 10.1. The number of carboxylic acids is 1. The van der Waals surface area contributed by atoms with Crippen molar-refractivity contribution in [1.29, 1.82) is 0 Å². The van der Waals surface area contributed by atoms with Crippen molar-refractivity contribution < 1.29 is 28.8 Å². The van der Waals surface area contributed by atoms with Crippen LogP contribution in [-0.4, -0.2) is 37.5 Å². The van der Waals surface area contributed by atoms with Crippen LogP contribution in [0.4, 0.5) is 0 Å². The Morgan fingerprint density at radius 1 is 0.892 bits per heavy atom. The Labute approximate surface area is 226 Å². The van der Waals surface area contributed by atoms with Crippen LogP contribution in [-0.2, 0) is 22.4 Å². The van der Waals surface area contributed by atoms with Crippen molar-refractivity contribution in [1.82, 2.24) is 0 Å². The molecule has 0 amide bonds. The van der Waals surface area contributed by atoms with Gasteiger partial charge in [0.25, 0.3) is 0 Å². The largest absolute Gasteiger partial charge is 0.492 e. The van der Waals surface area contributed by atoms with Gasteiger partial charge in [-0.15, -0.1) is 0 Å². The minimum Gasteiger partial charge on any atom is -0.492 e. The lowest BCUT2D eigenvalue weighted by molar-refractivity contribution is -0.136. The van der Waals surface area contributed by atoms with Crippen LogP contribution in [0.5, 0.6) is 17.2 Å². The number of unbranched alkanes of at least 4 members (excludes halogenated alkanes) is 3. The van der Waals surface area contributed by atoms with Crippen LogP contribution in [0.3, 0.4) is 0 Å².